The van der Waals surface area contributed by atoms with E-state index in [2.05, 4.69) is 5.10 Å². The van der Waals surface area contributed by atoms with E-state index in [0.717, 1.165) is 12.1 Å². The summed E-state index contributed by atoms with van der Waals surface area (Å²) in [4.78, 5) is 10.3. The second-order valence-electron chi connectivity index (χ2n) is 2.30. The average molecular weight is 138 g/mol. The van der Waals surface area contributed by atoms with Gasteiger partial charge in [-0.25, -0.2) is 4.79 Å². The maximum atomic E-state index is 10.3. The highest BCUT2D eigenvalue weighted by molar-refractivity contribution is 6.07. The highest BCUT2D eigenvalue weighted by atomic mass is 16.1. The fourth-order valence-electron chi connectivity index (χ4n) is 0.997. The summed E-state index contributed by atoms with van der Waals surface area (Å²) in [6, 6.07) is 0. The van der Waals surface area contributed by atoms with E-state index < -0.39 is 0 Å². The zero-order valence-corrected chi connectivity index (χ0v) is 6.22. The van der Waals surface area contributed by atoms with Crippen molar-refractivity contribution in [3.8, 4) is 0 Å². The molecule has 1 rings (SSSR count). The van der Waals surface area contributed by atoms with Crippen molar-refractivity contribution < 1.29 is 4.79 Å². The molecule has 54 valence electrons. The summed E-state index contributed by atoms with van der Waals surface area (Å²) in [5, 5.41) is 5.86. The van der Waals surface area contributed by atoms with Gasteiger partial charge >= 0.3 is 0 Å². The minimum atomic E-state index is 0.618. The van der Waals surface area contributed by atoms with Gasteiger partial charge in [-0.2, -0.15) is 5.10 Å². The van der Waals surface area contributed by atoms with E-state index in [4.69, 9.17) is 0 Å². The molecule has 0 saturated heterocycles. The van der Waals surface area contributed by atoms with Crippen LogP contribution in [0.25, 0.3) is 0 Å². The van der Waals surface area contributed by atoms with Gasteiger partial charge in [0.2, 0.25) is 0 Å². The second kappa shape index (κ2) is 2.67. The van der Waals surface area contributed by atoms with Crippen molar-refractivity contribution in [3.63, 3.8) is 0 Å². The number of hydrogen-bond acceptors (Lipinski definition) is 3. The Balaban J connectivity index is 2.85. The summed E-state index contributed by atoms with van der Waals surface area (Å²) >= 11 is 0. The predicted molar refractivity (Wildman–Crippen MR) is 39.6 cm³/mol. The van der Waals surface area contributed by atoms with Gasteiger partial charge in [-0.3, -0.25) is 5.01 Å². The monoisotopic (exact) mass is 138 g/mol. The maximum absolute atomic E-state index is 10.3. The summed E-state index contributed by atoms with van der Waals surface area (Å²) in [7, 11) is 1.85. The van der Waals surface area contributed by atoms with Crippen LogP contribution in [0.15, 0.2) is 10.7 Å². The molecule has 0 aromatic carbocycles. The molecule has 0 saturated carbocycles. The van der Waals surface area contributed by atoms with E-state index in [1.165, 1.54) is 0 Å². The molecule has 0 radical (unpaired) electrons. The van der Waals surface area contributed by atoms with Gasteiger partial charge in [0.25, 0.3) is 0 Å². The van der Waals surface area contributed by atoms with E-state index in [9.17, 15) is 4.79 Å². The molecule has 0 spiro atoms. The minimum Gasteiger partial charge on any atom is -0.295 e. The Hall–Kier alpha value is -1.08. The van der Waals surface area contributed by atoms with Crippen molar-refractivity contribution in [2.75, 3.05) is 13.6 Å². The number of carbonyl (C=O) groups excluding carboxylic acids is 1. The zero-order valence-electron chi connectivity index (χ0n) is 6.22. The first-order valence-electron chi connectivity index (χ1n) is 3.31. The van der Waals surface area contributed by atoms with Crippen LogP contribution in [0.4, 0.5) is 0 Å². The van der Waals surface area contributed by atoms with Crippen LogP contribution in [0.1, 0.15) is 13.3 Å². The fraction of sp³-hybridized carbons (Fsp3) is 0.571. The average Bonchev–Trinajstić information content (AvgIpc) is 2.30. The molecule has 0 amide bonds. The Morgan fingerprint density at radius 1 is 1.80 bits per heavy atom. The van der Waals surface area contributed by atoms with E-state index in [1.54, 1.807) is 5.01 Å². The lowest BCUT2D eigenvalue weighted by atomic mass is 10.1. The van der Waals surface area contributed by atoms with E-state index in [0.29, 0.717) is 12.1 Å². The van der Waals surface area contributed by atoms with Crippen molar-refractivity contribution in [2.24, 2.45) is 5.10 Å². The molecule has 0 unspecified atom stereocenters. The number of nitrogens with zero attached hydrogens (tertiary/aromatic N) is 2. The Morgan fingerprint density at radius 2 is 2.50 bits per heavy atom. The number of rotatable bonds is 1. The summed E-state index contributed by atoms with van der Waals surface area (Å²) in [5.74, 6) is 1.89. The second-order valence-corrected chi connectivity index (χ2v) is 2.30. The molecule has 0 aromatic rings. The lowest BCUT2D eigenvalue weighted by Gasteiger charge is -2.00. The summed E-state index contributed by atoms with van der Waals surface area (Å²) in [6.07, 6.45) is 0.814. The number of hydrogen-bond donors (Lipinski definition) is 0. The van der Waals surface area contributed by atoms with Crippen LogP contribution >= 0.6 is 0 Å². The lowest BCUT2D eigenvalue weighted by molar-refractivity contribution is 0.409. The first-order valence-corrected chi connectivity index (χ1v) is 3.31. The molecule has 3 heteroatoms. The molecule has 0 atom stereocenters. The molecule has 1 aliphatic rings. The van der Waals surface area contributed by atoms with Gasteiger partial charge in [0.15, 0.2) is 0 Å². The normalized spacial score (nSPS) is 17.2. The van der Waals surface area contributed by atoms with Gasteiger partial charge in [0, 0.05) is 7.05 Å². The van der Waals surface area contributed by atoms with Gasteiger partial charge in [-0.1, -0.05) is 6.92 Å². The van der Waals surface area contributed by atoms with E-state index >= 15 is 0 Å². The van der Waals surface area contributed by atoms with Crippen molar-refractivity contribution in [1.29, 1.82) is 0 Å². The molecule has 1 aliphatic heterocycles. The van der Waals surface area contributed by atoms with Crippen molar-refractivity contribution >= 4 is 11.7 Å². The molecular formula is C7H10N2O. The first-order chi connectivity index (χ1) is 4.77. The third kappa shape index (κ3) is 1.09. The summed E-state index contributed by atoms with van der Waals surface area (Å²) in [5.41, 5.74) is 1.57. The minimum absolute atomic E-state index is 0.618. The van der Waals surface area contributed by atoms with Gasteiger partial charge in [0.05, 0.1) is 17.8 Å². The molecule has 0 aromatic heterocycles. The molecule has 10 heavy (non-hydrogen) atoms. The molecule has 0 bridgehead atoms. The van der Waals surface area contributed by atoms with Crippen LogP contribution in [-0.4, -0.2) is 30.3 Å². The maximum Gasteiger partial charge on any atom is 0.131 e. The highest BCUT2D eigenvalue weighted by Crippen LogP contribution is 2.09. The van der Waals surface area contributed by atoms with Crippen LogP contribution in [0, 0.1) is 0 Å². The van der Waals surface area contributed by atoms with Crippen LogP contribution in [0.5, 0.6) is 0 Å². The van der Waals surface area contributed by atoms with Crippen molar-refractivity contribution in [1.82, 2.24) is 5.01 Å². The summed E-state index contributed by atoms with van der Waals surface area (Å²) in [6.45, 7) is 2.60. The van der Waals surface area contributed by atoms with Gasteiger partial charge in [0.1, 0.15) is 5.94 Å². The van der Waals surface area contributed by atoms with E-state index in [1.807, 2.05) is 19.9 Å². The van der Waals surface area contributed by atoms with Crippen molar-refractivity contribution in [2.45, 2.75) is 13.3 Å². The van der Waals surface area contributed by atoms with Crippen molar-refractivity contribution in [3.05, 3.63) is 5.57 Å². The molecule has 0 aliphatic carbocycles. The van der Waals surface area contributed by atoms with Crippen LogP contribution in [0.3, 0.4) is 0 Å². The van der Waals surface area contributed by atoms with Crippen LogP contribution in [0.2, 0.25) is 0 Å². The zero-order chi connectivity index (χ0) is 7.56. The Bertz CT molecular complexity index is 214. The fourth-order valence-corrected chi connectivity index (χ4v) is 0.997. The molecule has 3 nitrogen and oxygen atoms in total. The smallest absolute Gasteiger partial charge is 0.131 e. The quantitative estimate of drug-likeness (QED) is 0.493. The van der Waals surface area contributed by atoms with Gasteiger partial charge in [-0.05, 0) is 6.42 Å². The Morgan fingerprint density at radius 3 is 2.90 bits per heavy atom. The largest absolute Gasteiger partial charge is 0.295 e. The Kier molecular flexibility index (Phi) is 1.88. The van der Waals surface area contributed by atoms with Gasteiger partial charge < -0.3 is 0 Å². The number of hydrazone groups is 1. The predicted octanol–water partition coefficient (Wildman–Crippen LogP) is 0.456. The third-order valence-corrected chi connectivity index (χ3v) is 1.48. The molecule has 0 N–H and O–H groups in total. The topological polar surface area (TPSA) is 32.7 Å². The molecule has 1 heterocycles. The third-order valence-electron chi connectivity index (χ3n) is 1.48. The number of likely N-dealkylation sites (N-methyl/N-ethyl adjacent to an activating group) is 1. The SMILES string of the molecule is CCC1=NN(C)CC1=C=O. The standard InChI is InChI=1S/C7H10N2O/c1-3-7-6(5-10)4-9(2)8-7/h3-4H2,1-2H3. The van der Waals surface area contributed by atoms with Crippen LogP contribution in [-0.2, 0) is 4.79 Å². The Labute approximate surface area is 60.0 Å². The first kappa shape index (κ1) is 7.03. The lowest BCUT2D eigenvalue weighted by Crippen LogP contribution is -2.07. The molecular weight excluding hydrogens is 128 g/mol. The molecule has 0 fully saturated rings. The summed E-state index contributed by atoms with van der Waals surface area (Å²) < 4.78 is 0. The highest BCUT2D eigenvalue weighted by Gasteiger charge is 2.15. The van der Waals surface area contributed by atoms with E-state index in [-0.39, 0.29) is 0 Å². The van der Waals surface area contributed by atoms with Crippen LogP contribution < -0.4 is 0 Å². The van der Waals surface area contributed by atoms with Gasteiger partial charge in [-0.15, -0.1) is 0 Å².